The lowest BCUT2D eigenvalue weighted by Gasteiger charge is -2.04. The molecule has 0 radical (unpaired) electrons. The van der Waals surface area contributed by atoms with Crippen LogP contribution in [0.2, 0.25) is 0 Å². The second kappa shape index (κ2) is 5.44. The average Bonchev–Trinajstić information content (AvgIpc) is 3.18. The number of nitrogens with one attached hydrogen (secondary N) is 1. The first kappa shape index (κ1) is 14.9. The molecule has 2 aliphatic carbocycles. The highest BCUT2D eigenvalue weighted by atomic mass is 79.9. The Hall–Kier alpha value is -1.69. The number of rotatable bonds is 2. The zero-order chi connectivity index (χ0) is 16.1. The molecular weight excluding hydrogens is 358 g/mol. The van der Waals surface area contributed by atoms with Gasteiger partial charge in [-0.1, -0.05) is 28.8 Å². The van der Waals surface area contributed by atoms with Crippen LogP contribution in [0.4, 0.5) is 5.69 Å². The minimum Gasteiger partial charge on any atom is -0.493 e. The standard InChI is InChI=1S/C17H18BrN3O2/c1-8-6-11-13(7-12(8)18)19-17(23)15(11)20-21-16(22)14-9-4-2-3-5-10(9)14/h6-7,9-10,14,19,23H,2-5H2,1H3/t9-,10-/m1/s1. The lowest BCUT2D eigenvalue weighted by molar-refractivity contribution is -0.120. The summed E-state index contributed by atoms with van der Waals surface area (Å²) in [6.07, 6.45) is 4.73. The molecule has 2 aromatic rings. The molecule has 1 aromatic carbocycles. The lowest BCUT2D eigenvalue weighted by Crippen LogP contribution is -1.97. The van der Waals surface area contributed by atoms with E-state index < -0.39 is 0 Å². The molecule has 2 saturated carbocycles. The maximum Gasteiger partial charge on any atom is 0.268 e. The molecule has 2 atom stereocenters. The third kappa shape index (κ3) is 2.49. The van der Waals surface area contributed by atoms with Crippen LogP contribution in [0.3, 0.4) is 0 Å². The summed E-state index contributed by atoms with van der Waals surface area (Å²) >= 11 is 3.46. The van der Waals surface area contributed by atoms with E-state index in [1.165, 1.54) is 12.8 Å². The molecule has 1 amide bonds. The lowest BCUT2D eigenvalue weighted by atomic mass is 10.0. The highest BCUT2D eigenvalue weighted by Gasteiger charge is 2.54. The number of H-pyrrole nitrogens is 1. The van der Waals surface area contributed by atoms with E-state index in [0.717, 1.165) is 33.8 Å². The number of aromatic hydroxyl groups is 1. The van der Waals surface area contributed by atoms with Crippen LogP contribution in [0.5, 0.6) is 5.88 Å². The molecule has 1 heterocycles. The summed E-state index contributed by atoms with van der Waals surface area (Å²) in [5.41, 5.74) is 2.14. The van der Waals surface area contributed by atoms with E-state index in [4.69, 9.17) is 0 Å². The van der Waals surface area contributed by atoms with Gasteiger partial charge in [0.05, 0.1) is 5.52 Å². The summed E-state index contributed by atoms with van der Waals surface area (Å²) in [7, 11) is 0. The fourth-order valence-electron chi connectivity index (χ4n) is 3.92. The topological polar surface area (TPSA) is 77.8 Å². The molecule has 0 bridgehead atoms. The maximum atomic E-state index is 12.3. The highest BCUT2D eigenvalue weighted by molar-refractivity contribution is 9.10. The molecule has 0 unspecified atom stereocenters. The van der Waals surface area contributed by atoms with Gasteiger partial charge in [0.15, 0.2) is 5.69 Å². The zero-order valence-corrected chi connectivity index (χ0v) is 14.4. The first-order chi connectivity index (χ1) is 11.1. The van der Waals surface area contributed by atoms with E-state index in [1.54, 1.807) is 0 Å². The fourth-order valence-corrected chi connectivity index (χ4v) is 4.26. The Labute approximate surface area is 142 Å². The van der Waals surface area contributed by atoms with Crippen molar-refractivity contribution in [1.82, 2.24) is 4.98 Å². The van der Waals surface area contributed by atoms with Crippen molar-refractivity contribution < 1.29 is 9.90 Å². The van der Waals surface area contributed by atoms with Crippen LogP contribution in [0, 0.1) is 24.7 Å². The molecule has 0 saturated heterocycles. The molecular formula is C17H18BrN3O2. The number of hydrogen-bond donors (Lipinski definition) is 2. The van der Waals surface area contributed by atoms with Crippen LogP contribution < -0.4 is 0 Å². The quantitative estimate of drug-likeness (QED) is 0.725. The van der Waals surface area contributed by atoms with Gasteiger partial charge in [0.25, 0.3) is 5.91 Å². The van der Waals surface area contributed by atoms with Gasteiger partial charge < -0.3 is 10.1 Å². The fraction of sp³-hybridized carbons (Fsp3) is 0.471. The number of aryl methyl sites for hydroxylation is 1. The summed E-state index contributed by atoms with van der Waals surface area (Å²) in [5, 5.41) is 18.8. The minimum atomic E-state index is -0.135. The predicted octanol–water partition coefficient (Wildman–Crippen LogP) is 4.99. The van der Waals surface area contributed by atoms with E-state index in [0.29, 0.717) is 17.5 Å². The van der Waals surface area contributed by atoms with Crippen molar-refractivity contribution in [3.05, 3.63) is 22.2 Å². The normalized spacial score (nSPS) is 26.6. The van der Waals surface area contributed by atoms with Crippen molar-refractivity contribution in [3.63, 3.8) is 0 Å². The van der Waals surface area contributed by atoms with Crippen LogP contribution in [0.1, 0.15) is 31.2 Å². The van der Waals surface area contributed by atoms with Crippen molar-refractivity contribution in [1.29, 1.82) is 0 Å². The number of benzene rings is 1. The van der Waals surface area contributed by atoms with Gasteiger partial charge in [0, 0.05) is 15.8 Å². The van der Waals surface area contributed by atoms with Gasteiger partial charge in [-0.05, 0) is 49.3 Å². The second-order valence-electron chi connectivity index (χ2n) is 6.65. The molecule has 120 valence electrons. The number of fused-ring (bicyclic) bond motifs is 2. The summed E-state index contributed by atoms with van der Waals surface area (Å²) in [6.45, 7) is 1.97. The van der Waals surface area contributed by atoms with E-state index >= 15 is 0 Å². The number of nitrogens with zero attached hydrogens (tertiary/aromatic N) is 2. The van der Waals surface area contributed by atoms with Crippen LogP contribution >= 0.6 is 15.9 Å². The maximum absolute atomic E-state index is 12.3. The van der Waals surface area contributed by atoms with Crippen molar-refractivity contribution >= 4 is 38.4 Å². The van der Waals surface area contributed by atoms with Crippen molar-refractivity contribution in [3.8, 4) is 5.88 Å². The highest BCUT2D eigenvalue weighted by Crippen LogP contribution is 2.56. The molecule has 2 N–H and O–H groups in total. The number of amides is 1. The number of aromatic amines is 1. The summed E-state index contributed by atoms with van der Waals surface area (Å²) in [5.74, 6) is 0.908. The van der Waals surface area contributed by atoms with E-state index in [9.17, 15) is 9.90 Å². The number of carbonyl (C=O) groups excluding carboxylic acids is 1. The van der Waals surface area contributed by atoms with Gasteiger partial charge in [0.1, 0.15) is 0 Å². The Kier molecular flexibility index (Phi) is 3.52. The summed E-state index contributed by atoms with van der Waals surface area (Å²) in [6, 6.07) is 3.81. The third-order valence-electron chi connectivity index (χ3n) is 5.22. The summed E-state index contributed by atoms with van der Waals surface area (Å²) < 4.78 is 0.952. The van der Waals surface area contributed by atoms with Crippen LogP contribution in [0.15, 0.2) is 26.8 Å². The van der Waals surface area contributed by atoms with E-state index in [2.05, 4.69) is 31.1 Å². The van der Waals surface area contributed by atoms with E-state index in [-0.39, 0.29) is 17.7 Å². The Morgan fingerprint density at radius 1 is 1.30 bits per heavy atom. The Balaban J connectivity index is 1.61. The predicted molar refractivity (Wildman–Crippen MR) is 90.9 cm³/mol. The van der Waals surface area contributed by atoms with Gasteiger partial charge >= 0.3 is 0 Å². The Bertz CT molecular complexity index is 815. The minimum absolute atomic E-state index is 0.0535. The van der Waals surface area contributed by atoms with Gasteiger partial charge in [-0.25, -0.2) is 0 Å². The number of carbonyl (C=O) groups is 1. The van der Waals surface area contributed by atoms with Gasteiger partial charge in [-0.15, -0.1) is 10.2 Å². The number of hydrogen-bond acceptors (Lipinski definition) is 3. The molecule has 5 nitrogen and oxygen atoms in total. The van der Waals surface area contributed by atoms with Gasteiger partial charge in [0.2, 0.25) is 5.88 Å². The molecule has 0 aliphatic heterocycles. The second-order valence-corrected chi connectivity index (χ2v) is 7.50. The monoisotopic (exact) mass is 375 g/mol. The van der Waals surface area contributed by atoms with Crippen molar-refractivity contribution in [2.75, 3.05) is 0 Å². The van der Waals surface area contributed by atoms with Crippen LogP contribution in [0.25, 0.3) is 10.9 Å². The smallest absolute Gasteiger partial charge is 0.268 e. The van der Waals surface area contributed by atoms with Gasteiger partial charge in [-0.3, -0.25) is 4.79 Å². The van der Waals surface area contributed by atoms with Crippen LogP contribution in [-0.4, -0.2) is 16.0 Å². The average molecular weight is 376 g/mol. The first-order valence-electron chi connectivity index (χ1n) is 8.02. The zero-order valence-electron chi connectivity index (χ0n) is 12.8. The molecule has 23 heavy (non-hydrogen) atoms. The molecule has 6 heteroatoms. The van der Waals surface area contributed by atoms with Gasteiger partial charge in [-0.2, -0.15) is 0 Å². The SMILES string of the molecule is Cc1cc2c(N=NC(=O)C3[C@@H]4CCCC[C@@H]34)c(O)[nH]c2cc1Br. The van der Waals surface area contributed by atoms with E-state index in [1.807, 2.05) is 19.1 Å². The number of halogens is 1. The van der Waals surface area contributed by atoms with Crippen LogP contribution in [-0.2, 0) is 4.79 Å². The molecule has 0 spiro atoms. The third-order valence-corrected chi connectivity index (χ3v) is 6.08. The number of aromatic nitrogens is 1. The summed E-state index contributed by atoms with van der Waals surface area (Å²) in [4.78, 5) is 15.1. The van der Waals surface area contributed by atoms with Crippen molar-refractivity contribution in [2.45, 2.75) is 32.6 Å². The molecule has 1 aromatic heterocycles. The largest absolute Gasteiger partial charge is 0.493 e. The van der Waals surface area contributed by atoms with Crippen molar-refractivity contribution in [2.24, 2.45) is 28.0 Å². The number of azo groups is 1. The molecule has 2 aliphatic rings. The molecule has 2 fully saturated rings. The molecule has 4 rings (SSSR count). The Morgan fingerprint density at radius 2 is 2.00 bits per heavy atom. The Morgan fingerprint density at radius 3 is 2.70 bits per heavy atom. The first-order valence-corrected chi connectivity index (χ1v) is 8.82.